The van der Waals surface area contributed by atoms with E-state index in [0.29, 0.717) is 13.1 Å². The monoisotopic (exact) mass is 321 g/mol. The van der Waals surface area contributed by atoms with Crippen LogP contribution >= 0.6 is 0 Å². The molecular formula is C17H27N3O3. The van der Waals surface area contributed by atoms with Gasteiger partial charge in [-0.05, 0) is 24.1 Å². The molecule has 1 aromatic carbocycles. The van der Waals surface area contributed by atoms with Gasteiger partial charge in [0.05, 0.1) is 26.9 Å². The molecule has 0 radical (unpaired) electrons. The summed E-state index contributed by atoms with van der Waals surface area (Å²) >= 11 is 0. The second kappa shape index (κ2) is 10.2. The van der Waals surface area contributed by atoms with E-state index < -0.39 is 0 Å². The summed E-state index contributed by atoms with van der Waals surface area (Å²) in [7, 11) is 1.66. The second-order valence-corrected chi connectivity index (χ2v) is 5.58. The standard InChI is InChI=1S/C17H27N3O3/c1-22-16-4-2-3-15(13-16)5-6-19-17(21)14-18-7-8-20-9-11-23-12-10-20/h2-4,13,18H,5-12,14H2,1H3,(H,19,21). The molecule has 0 spiro atoms. The van der Waals surface area contributed by atoms with E-state index in [1.165, 1.54) is 0 Å². The summed E-state index contributed by atoms with van der Waals surface area (Å²) in [6.07, 6.45) is 0.802. The van der Waals surface area contributed by atoms with Crippen LogP contribution in [-0.4, -0.2) is 70.4 Å². The van der Waals surface area contributed by atoms with Gasteiger partial charge in [-0.2, -0.15) is 0 Å². The number of carbonyl (C=O) groups excluding carboxylic acids is 1. The molecule has 1 aliphatic heterocycles. The molecule has 0 saturated carbocycles. The zero-order chi connectivity index (χ0) is 16.3. The molecule has 6 heteroatoms. The van der Waals surface area contributed by atoms with Gasteiger partial charge in [0, 0.05) is 32.7 Å². The number of rotatable bonds is 9. The predicted octanol–water partition coefficient (Wildman–Crippen LogP) is 0.276. The Morgan fingerprint density at radius 3 is 2.91 bits per heavy atom. The number of morpholine rings is 1. The molecule has 23 heavy (non-hydrogen) atoms. The average molecular weight is 321 g/mol. The largest absolute Gasteiger partial charge is 0.497 e. The number of hydrogen-bond donors (Lipinski definition) is 2. The Bertz CT molecular complexity index is 476. The lowest BCUT2D eigenvalue weighted by atomic mass is 10.1. The number of carbonyl (C=O) groups is 1. The lowest BCUT2D eigenvalue weighted by Gasteiger charge is -2.26. The molecule has 6 nitrogen and oxygen atoms in total. The van der Waals surface area contributed by atoms with Crippen molar-refractivity contribution in [1.82, 2.24) is 15.5 Å². The summed E-state index contributed by atoms with van der Waals surface area (Å²) in [5, 5.41) is 6.12. The topological polar surface area (TPSA) is 62.8 Å². The third-order valence-corrected chi connectivity index (χ3v) is 3.86. The van der Waals surface area contributed by atoms with Crippen molar-refractivity contribution in [2.75, 3.05) is 59.6 Å². The van der Waals surface area contributed by atoms with Crippen molar-refractivity contribution in [2.45, 2.75) is 6.42 Å². The molecule has 0 atom stereocenters. The highest BCUT2D eigenvalue weighted by atomic mass is 16.5. The van der Waals surface area contributed by atoms with E-state index in [4.69, 9.17) is 9.47 Å². The average Bonchev–Trinajstić information content (AvgIpc) is 2.60. The fourth-order valence-electron chi connectivity index (χ4n) is 2.50. The van der Waals surface area contributed by atoms with E-state index in [9.17, 15) is 4.79 Å². The minimum atomic E-state index is 0.0369. The quantitative estimate of drug-likeness (QED) is 0.640. The van der Waals surface area contributed by atoms with Crippen molar-refractivity contribution in [3.05, 3.63) is 29.8 Å². The van der Waals surface area contributed by atoms with Crippen molar-refractivity contribution in [3.63, 3.8) is 0 Å². The summed E-state index contributed by atoms with van der Waals surface area (Å²) in [6.45, 7) is 6.36. The first-order chi connectivity index (χ1) is 11.3. The number of amides is 1. The summed E-state index contributed by atoms with van der Waals surface area (Å²) < 4.78 is 10.5. The van der Waals surface area contributed by atoms with E-state index in [2.05, 4.69) is 15.5 Å². The highest BCUT2D eigenvalue weighted by Crippen LogP contribution is 2.12. The van der Waals surface area contributed by atoms with Crippen LogP contribution in [-0.2, 0) is 16.0 Å². The maximum absolute atomic E-state index is 11.8. The molecule has 1 amide bonds. The second-order valence-electron chi connectivity index (χ2n) is 5.58. The molecule has 2 rings (SSSR count). The Kier molecular flexibility index (Phi) is 7.86. The predicted molar refractivity (Wildman–Crippen MR) is 89.8 cm³/mol. The normalized spacial score (nSPS) is 15.3. The molecule has 1 heterocycles. The van der Waals surface area contributed by atoms with Gasteiger partial charge in [-0.1, -0.05) is 12.1 Å². The van der Waals surface area contributed by atoms with E-state index in [1.807, 2.05) is 24.3 Å². The Morgan fingerprint density at radius 1 is 1.30 bits per heavy atom. The van der Waals surface area contributed by atoms with Gasteiger partial charge in [-0.3, -0.25) is 9.69 Å². The molecule has 1 fully saturated rings. The number of ether oxygens (including phenoxy) is 2. The SMILES string of the molecule is COc1cccc(CCNC(=O)CNCCN2CCOCC2)c1. The van der Waals surface area contributed by atoms with Crippen LogP contribution in [0.15, 0.2) is 24.3 Å². The number of nitrogens with zero attached hydrogens (tertiary/aromatic N) is 1. The van der Waals surface area contributed by atoms with Crippen LogP contribution in [0.5, 0.6) is 5.75 Å². The number of hydrogen-bond acceptors (Lipinski definition) is 5. The van der Waals surface area contributed by atoms with Crippen LogP contribution in [0.1, 0.15) is 5.56 Å². The third-order valence-electron chi connectivity index (χ3n) is 3.86. The molecule has 0 aliphatic carbocycles. The number of benzene rings is 1. The summed E-state index contributed by atoms with van der Waals surface area (Å²) in [4.78, 5) is 14.1. The first kappa shape index (κ1) is 17.7. The van der Waals surface area contributed by atoms with E-state index in [-0.39, 0.29) is 5.91 Å². The van der Waals surface area contributed by atoms with Crippen LogP contribution in [0.4, 0.5) is 0 Å². The van der Waals surface area contributed by atoms with Gasteiger partial charge >= 0.3 is 0 Å². The Labute approximate surface area is 138 Å². The Balaban J connectivity index is 1.52. The summed E-state index contributed by atoms with van der Waals surface area (Å²) in [5.41, 5.74) is 1.16. The van der Waals surface area contributed by atoms with Crippen molar-refractivity contribution < 1.29 is 14.3 Å². The lowest BCUT2D eigenvalue weighted by Crippen LogP contribution is -2.42. The number of nitrogens with one attached hydrogen (secondary N) is 2. The van der Waals surface area contributed by atoms with Crippen molar-refractivity contribution in [2.24, 2.45) is 0 Å². The zero-order valence-electron chi connectivity index (χ0n) is 13.8. The van der Waals surface area contributed by atoms with Crippen molar-refractivity contribution in [1.29, 1.82) is 0 Å². The maximum atomic E-state index is 11.8. The fourth-order valence-corrected chi connectivity index (χ4v) is 2.50. The number of methoxy groups -OCH3 is 1. The van der Waals surface area contributed by atoms with Crippen LogP contribution < -0.4 is 15.4 Å². The van der Waals surface area contributed by atoms with Crippen LogP contribution in [0.2, 0.25) is 0 Å². The third kappa shape index (κ3) is 6.99. The highest BCUT2D eigenvalue weighted by Gasteiger charge is 2.09. The maximum Gasteiger partial charge on any atom is 0.233 e. The Morgan fingerprint density at radius 2 is 2.13 bits per heavy atom. The van der Waals surface area contributed by atoms with Gasteiger partial charge in [0.15, 0.2) is 0 Å². The molecule has 2 N–H and O–H groups in total. The van der Waals surface area contributed by atoms with Crippen LogP contribution in [0, 0.1) is 0 Å². The molecule has 0 aromatic heterocycles. The van der Waals surface area contributed by atoms with Crippen molar-refractivity contribution >= 4 is 5.91 Å². The van der Waals surface area contributed by atoms with Gasteiger partial charge in [0.25, 0.3) is 0 Å². The van der Waals surface area contributed by atoms with Gasteiger partial charge in [0.2, 0.25) is 5.91 Å². The zero-order valence-corrected chi connectivity index (χ0v) is 13.8. The summed E-state index contributed by atoms with van der Waals surface area (Å²) in [6, 6.07) is 7.91. The first-order valence-corrected chi connectivity index (χ1v) is 8.18. The Hall–Kier alpha value is -1.63. The van der Waals surface area contributed by atoms with Crippen LogP contribution in [0.25, 0.3) is 0 Å². The van der Waals surface area contributed by atoms with E-state index in [0.717, 1.165) is 57.1 Å². The highest BCUT2D eigenvalue weighted by molar-refractivity contribution is 5.77. The lowest BCUT2D eigenvalue weighted by molar-refractivity contribution is -0.120. The minimum Gasteiger partial charge on any atom is -0.497 e. The van der Waals surface area contributed by atoms with Gasteiger partial charge in [-0.25, -0.2) is 0 Å². The first-order valence-electron chi connectivity index (χ1n) is 8.18. The molecule has 0 unspecified atom stereocenters. The fraction of sp³-hybridized carbons (Fsp3) is 0.588. The van der Waals surface area contributed by atoms with E-state index in [1.54, 1.807) is 7.11 Å². The van der Waals surface area contributed by atoms with Crippen molar-refractivity contribution in [3.8, 4) is 5.75 Å². The van der Waals surface area contributed by atoms with Crippen LogP contribution in [0.3, 0.4) is 0 Å². The molecule has 1 saturated heterocycles. The minimum absolute atomic E-state index is 0.0369. The van der Waals surface area contributed by atoms with E-state index >= 15 is 0 Å². The summed E-state index contributed by atoms with van der Waals surface area (Å²) in [5.74, 6) is 0.883. The molecule has 128 valence electrons. The van der Waals surface area contributed by atoms with Gasteiger partial charge < -0.3 is 20.1 Å². The molecule has 0 bridgehead atoms. The molecular weight excluding hydrogens is 294 g/mol. The van der Waals surface area contributed by atoms with Gasteiger partial charge in [-0.15, -0.1) is 0 Å². The molecule has 1 aliphatic rings. The smallest absolute Gasteiger partial charge is 0.233 e. The molecule has 1 aromatic rings. The van der Waals surface area contributed by atoms with Gasteiger partial charge in [0.1, 0.15) is 5.75 Å².